The number of carbonyl (C=O) groups excluding carboxylic acids is 1. The van der Waals surface area contributed by atoms with Gasteiger partial charge in [-0.2, -0.15) is 0 Å². The van der Waals surface area contributed by atoms with E-state index in [9.17, 15) is 4.79 Å². The minimum absolute atomic E-state index is 0.0212. The largest absolute Gasteiger partial charge is 0.489 e. The molecule has 4 heteroatoms. The third kappa shape index (κ3) is 4.88. The first-order valence-corrected chi connectivity index (χ1v) is 7.92. The summed E-state index contributed by atoms with van der Waals surface area (Å²) in [6.45, 7) is 8.11. The van der Waals surface area contributed by atoms with Crippen LogP contribution in [0.15, 0.2) is 36.4 Å². The van der Waals surface area contributed by atoms with Crippen molar-refractivity contribution in [3.05, 3.63) is 42.0 Å². The summed E-state index contributed by atoms with van der Waals surface area (Å²) in [4.78, 5) is 14.5. The van der Waals surface area contributed by atoms with Crippen LogP contribution < -0.4 is 10.1 Å². The van der Waals surface area contributed by atoms with E-state index in [-0.39, 0.29) is 5.91 Å². The smallest absolute Gasteiger partial charge is 0.251 e. The Hall–Kier alpha value is -1.81. The van der Waals surface area contributed by atoms with Gasteiger partial charge in [-0.15, -0.1) is 0 Å². The van der Waals surface area contributed by atoms with Crippen LogP contribution in [0.4, 0.5) is 0 Å². The Morgan fingerprint density at radius 3 is 2.73 bits per heavy atom. The van der Waals surface area contributed by atoms with Gasteiger partial charge in [-0.25, -0.2) is 0 Å². The molecule has 1 N–H and O–H groups in total. The summed E-state index contributed by atoms with van der Waals surface area (Å²) in [5.41, 5.74) is 1.64. The van der Waals surface area contributed by atoms with Crippen LogP contribution in [0.3, 0.4) is 0 Å². The Balaban J connectivity index is 1.76. The number of likely N-dealkylation sites (tertiary alicyclic amines) is 1. The molecule has 0 aromatic heterocycles. The number of hydrogen-bond acceptors (Lipinski definition) is 3. The van der Waals surface area contributed by atoms with Crippen molar-refractivity contribution in [1.82, 2.24) is 10.2 Å². The summed E-state index contributed by atoms with van der Waals surface area (Å²) < 4.78 is 5.53. The number of nitrogens with one attached hydrogen (secondary N) is 1. The fraction of sp³-hybridized carbons (Fsp3) is 0.500. The summed E-state index contributed by atoms with van der Waals surface area (Å²) >= 11 is 0. The first-order chi connectivity index (χ1) is 10.6. The molecule has 4 nitrogen and oxygen atoms in total. The Bertz CT molecular complexity index is 510. The number of nitrogens with zero attached hydrogens (tertiary/aromatic N) is 1. The van der Waals surface area contributed by atoms with Gasteiger partial charge >= 0.3 is 0 Å². The zero-order valence-corrected chi connectivity index (χ0v) is 13.6. The standard InChI is InChI=1S/C18H26N2O2/c1-14(2)13-22-17-8-6-15(7-9-17)18(21)19-11-10-16-5-4-12-20(16)3/h6-9,16H,1,4-5,10-13H2,2-3H3,(H,19,21)/t16-/m0/s1. The van der Waals surface area contributed by atoms with Crippen molar-refractivity contribution < 1.29 is 9.53 Å². The summed E-state index contributed by atoms with van der Waals surface area (Å²) in [5, 5.41) is 3.00. The molecule has 1 heterocycles. The molecule has 1 atom stereocenters. The molecular formula is C18H26N2O2. The molecule has 1 amide bonds. The van der Waals surface area contributed by atoms with Gasteiger partial charge in [0.15, 0.2) is 0 Å². The highest BCUT2D eigenvalue weighted by Crippen LogP contribution is 2.17. The zero-order chi connectivity index (χ0) is 15.9. The molecule has 1 saturated heterocycles. The van der Waals surface area contributed by atoms with Gasteiger partial charge in [0.05, 0.1) is 0 Å². The lowest BCUT2D eigenvalue weighted by Crippen LogP contribution is -2.31. The van der Waals surface area contributed by atoms with Crippen LogP contribution in [-0.2, 0) is 0 Å². The molecule has 0 aliphatic carbocycles. The average Bonchev–Trinajstić information content (AvgIpc) is 2.91. The second kappa shape index (κ2) is 7.99. The maximum Gasteiger partial charge on any atom is 0.251 e. The van der Waals surface area contributed by atoms with Crippen molar-refractivity contribution in [2.24, 2.45) is 0 Å². The van der Waals surface area contributed by atoms with E-state index in [0.29, 0.717) is 18.2 Å². The Kier molecular flexibility index (Phi) is 6.01. The number of amides is 1. The second-order valence-electron chi connectivity index (χ2n) is 6.09. The van der Waals surface area contributed by atoms with E-state index in [1.54, 1.807) is 12.1 Å². The van der Waals surface area contributed by atoms with E-state index in [0.717, 1.165) is 24.3 Å². The van der Waals surface area contributed by atoms with Gasteiger partial charge in [-0.05, 0) is 69.6 Å². The number of benzene rings is 1. The van der Waals surface area contributed by atoms with Gasteiger partial charge < -0.3 is 15.0 Å². The predicted molar refractivity (Wildman–Crippen MR) is 89.4 cm³/mol. The SMILES string of the molecule is C=C(C)COc1ccc(C(=O)NCC[C@@H]2CCCN2C)cc1. The van der Waals surface area contributed by atoms with Crippen LogP contribution in [0.5, 0.6) is 5.75 Å². The van der Waals surface area contributed by atoms with Gasteiger partial charge in [0.2, 0.25) is 0 Å². The molecule has 0 bridgehead atoms. The molecule has 2 rings (SSSR count). The van der Waals surface area contributed by atoms with E-state index in [1.807, 2.05) is 19.1 Å². The van der Waals surface area contributed by atoms with E-state index in [1.165, 1.54) is 19.4 Å². The molecular weight excluding hydrogens is 276 g/mol. The molecule has 22 heavy (non-hydrogen) atoms. The van der Waals surface area contributed by atoms with Gasteiger partial charge in [-0.1, -0.05) is 6.58 Å². The lowest BCUT2D eigenvalue weighted by molar-refractivity contribution is 0.0950. The van der Waals surface area contributed by atoms with Crippen molar-refractivity contribution in [1.29, 1.82) is 0 Å². The van der Waals surface area contributed by atoms with E-state index in [2.05, 4.69) is 23.8 Å². The molecule has 1 aromatic carbocycles. The lowest BCUT2D eigenvalue weighted by atomic mass is 10.1. The van der Waals surface area contributed by atoms with E-state index in [4.69, 9.17) is 4.74 Å². The van der Waals surface area contributed by atoms with E-state index >= 15 is 0 Å². The van der Waals surface area contributed by atoms with Crippen LogP contribution >= 0.6 is 0 Å². The van der Waals surface area contributed by atoms with Crippen LogP contribution in [0.2, 0.25) is 0 Å². The minimum Gasteiger partial charge on any atom is -0.489 e. The average molecular weight is 302 g/mol. The van der Waals surface area contributed by atoms with Gasteiger partial charge in [0, 0.05) is 18.2 Å². The highest BCUT2D eigenvalue weighted by atomic mass is 16.5. The highest BCUT2D eigenvalue weighted by molar-refractivity contribution is 5.94. The van der Waals surface area contributed by atoms with Crippen molar-refractivity contribution in [3.8, 4) is 5.75 Å². The molecule has 120 valence electrons. The number of ether oxygens (including phenoxy) is 1. The molecule has 0 unspecified atom stereocenters. The molecule has 1 aliphatic heterocycles. The maximum absolute atomic E-state index is 12.1. The molecule has 1 fully saturated rings. The second-order valence-corrected chi connectivity index (χ2v) is 6.09. The topological polar surface area (TPSA) is 41.6 Å². The molecule has 1 aromatic rings. The van der Waals surface area contributed by atoms with Crippen LogP contribution in [0, 0.1) is 0 Å². The number of rotatable bonds is 7. The van der Waals surface area contributed by atoms with Crippen LogP contribution in [0.25, 0.3) is 0 Å². The fourth-order valence-electron chi connectivity index (χ4n) is 2.71. The fourth-order valence-corrected chi connectivity index (χ4v) is 2.71. The molecule has 1 aliphatic rings. The summed E-state index contributed by atoms with van der Waals surface area (Å²) in [7, 11) is 2.16. The van der Waals surface area contributed by atoms with Crippen molar-refractivity contribution in [2.75, 3.05) is 26.7 Å². The number of hydrogen-bond donors (Lipinski definition) is 1. The zero-order valence-electron chi connectivity index (χ0n) is 13.6. The third-order valence-corrected chi connectivity index (χ3v) is 4.04. The Morgan fingerprint density at radius 1 is 1.41 bits per heavy atom. The minimum atomic E-state index is -0.0212. The van der Waals surface area contributed by atoms with E-state index < -0.39 is 0 Å². The quantitative estimate of drug-likeness (QED) is 0.788. The first-order valence-electron chi connectivity index (χ1n) is 7.92. The molecule has 0 radical (unpaired) electrons. The van der Waals surface area contributed by atoms with Gasteiger partial charge in [0.1, 0.15) is 12.4 Å². The van der Waals surface area contributed by atoms with Gasteiger partial charge in [0.25, 0.3) is 5.91 Å². The van der Waals surface area contributed by atoms with Crippen LogP contribution in [0.1, 0.15) is 36.5 Å². The summed E-state index contributed by atoms with van der Waals surface area (Å²) in [6.07, 6.45) is 3.52. The highest BCUT2D eigenvalue weighted by Gasteiger charge is 2.20. The molecule has 0 spiro atoms. The predicted octanol–water partition coefficient (Wildman–Crippen LogP) is 2.86. The maximum atomic E-state index is 12.1. The Morgan fingerprint density at radius 2 is 2.14 bits per heavy atom. The van der Waals surface area contributed by atoms with Crippen molar-refractivity contribution in [3.63, 3.8) is 0 Å². The van der Waals surface area contributed by atoms with Gasteiger partial charge in [-0.3, -0.25) is 4.79 Å². The monoisotopic (exact) mass is 302 g/mol. The normalized spacial score (nSPS) is 18.2. The summed E-state index contributed by atoms with van der Waals surface area (Å²) in [5.74, 6) is 0.735. The lowest BCUT2D eigenvalue weighted by Gasteiger charge is -2.19. The first kappa shape index (κ1) is 16.6. The number of carbonyl (C=O) groups is 1. The summed E-state index contributed by atoms with van der Waals surface area (Å²) in [6, 6.07) is 7.85. The van der Waals surface area contributed by atoms with Crippen molar-refractivity contribution >= 4 is 5.91 Å². The molecule has 0 saturated carbocycles. The van der Waals surface area contributed by atoms with Crippen LogP contribution in [-0.4, -0.2) is 43.6 Å². The van der Waals surface area contributed by atoms with Crippen molar-refractivity contribution in [2.45, 2.75) is 32.2 Å². The Labute approximate surface area is 133 Å². The third-order valence-electron chi connectivity index (χ3n) is 4.04.